The van der Waals surface area contributed by atoms with Gasteiger partial charge in [-0.25, -0.2) is 0 Å². The number of hydrogen-bond acceptors (Lipinski definition) is 3. The van der Waals surface area contributed by atoms with Crippen LogP contribution < -0.4 is 5.73 Å². The number of hydrogen-bond donors (Lipinski definition) is 3. The lowest BCUT2D eigenvalue weighted by Crippen LogP contribution is -2.46. The Balaban J connectivity index is 2.03. The molecular formula is C11H13NO4. The van der Waals surface area contributed by atoms with Crippen molar-refractivity contribution in [3.8, 4) is 0 Å². The Bertz CT molecular complexity index is 369. The van der Waals surface area contributed by atoms with Gasteiger partial charge in [-0.3, -0.25) is 9.59 Å². The Morgan fingerprint density at radius 3 is 1.62 bits per heavy atom. The van der Waals surface area contributed by atoms with Gasteiger partial charge in [-0.1, -0.05) is 12.2 Å². The Morgan fingerprint density at radius 1 is 0.938 bits per heavy atom. The molecule has 0 radical (unpaired) electrons. The van der Waals surface area contributed by atoms with Gasteiger partial charge in [-0.05, 0) is 23.7 Å². The number of rotatable bonds is 2. The van der Waals surface area contributed by atoms with Crippen LogP contribution >= 0.6 is 0 Å². The van der Waals surface area contributed by atoms with Crippen LogP contribution in [-0.4, -0.2) is 28.2 Å². The summed E-state index contributed by atoms with van der Waals surface area (Å²) in [6.45, 7) is 0. The lowest BCUT2D eigenvalue weighted by Gasteiger charge is -2.39. The fourth-order valence-corrected chi connectivity index (χ4v) is 3.76. The molecule has 4 rings (SSSR count). The average molecular weight is 223 g/mol. The van der Waals surface area contributed by atoms with Gasteiger partial charge >= 0.3 is 11.9 Å². The van der Waals surface area contributed by atoms with Crippen LogP contribution in [0.25, 0.3) is 0 Å². The molecule has 16 heavy (non-hydrogen) atoms. The van der Waals surface area contributed by atoms with Crippen LogP contribution in [-0.2, 0) is 9.59 Å². The van der Waals surface area contributed by atoms with Gasteiger partial charge in [-0.2, -0.15) is 0 Å². The first kappa shape index (κ1) is 9.84. The minimum Gasteiger partial charge on any atom is -0.481 e. The molecule has 4 aliphatic rings. The zero-order valence-corrected chi connectivity index (χ0v) is 8.48. The first-order valence-corrected chi connectivity index (χ1v) is 5.43. The predicted molar refractivity (Wildman–Crippen MR) is 53.3 cm³/mol. The van der Waals surface area contributed by atoms with Crippen molar-refractivity contribution >= 4 is 11.9 Å². The topological polar surface area (TPSA) is 101 Å². The smallest absolute Gasteiger partial charge is 0.308 e. The molecule has 5 heteroatoms. The van der Waals surface area contributed by atoms with Gasteiger partial charge in [0.25, 0.3) is 0 Å². The van der Waals surface area contributed by atoms with Crippen molar-refractivity contribution in [2.75, 3.05) is 0 Å². The molecule has 1 unspecified atom stereocenters. The summed E-state index contributed by atoms with van der Waals surface area (Å²) in [5.41, 5.74) is 5.89. The van der Waals surface area contributed by atoms with E-state index in [4.69, 9.17) is 15.9 Å². The molecular weight excluding hydrogens is 210 g/mol. The van der Waals surface area contributed by atoms with E-state index in [0.717, 1.165) is 0 Å². The molecule has 4 N–H and O–H groups in total. The number of nitrogens with two attached hydrogens (primary N) is 1. The highest BCUT2D eigenvalue weighted by Gasteiger charge is 2.67. The fraction of sp³-hybridized carbons (Fsp3) is 0.636. The molecule has 0 spiro atoms. The Hall–Kier alpha value is -1.36. The van der Waals surface area contributed by atoms with E-state index in [0.29, 0.717) is 0 Å². The van der Waals surface area contributed by atoms with Gasteiger partial charge in [0.05, 0.1) is 11.8 Å². The number of carboxylic acid groups (broad SMARTS) is 2. The number of aliphatic carboxylic acids is 2. The van der Waals surface area contributed by atoms with E-state index in [2.05, 4.69) is 0 Å². The summed E-state index contributed by atoms with van der Waals surface area (Å²) in [5, 5.41) is 18.3. The molecule has 86 valence electrons. The van der Waals surface area contributed by atoms with Crippen molar-refractivity contribution < 1.29 is 19.8 Å². The molecule has 0 aromatic heterocycles. The van der Waals surface area contributed by atoms with E-state index in [1.165, 1.54) is 0 Å². The maximum Gasteiger partial charge on any atom is 0.308 e. The summed E-state index contributed by atoms with van der Waals surface area (Å²) < 4.78 is 0. The second-order valence-corrected chi connectivity index (χ2v) is 5.00. The number of carboxylic acids is 2. The zero-order valence-electron chi connectivity index (χ0n) is 8.48. The molecule has 0 heterocycles. The molecule has 2 bridgehead atoms. The van der Waals surface area contributed by atoms with Crippen LogP contribution in [0.15, 0.2) is 12.2 Å². The zero-order chi connectivity index (χ0) is 11.6. The maximum absolute atomic E-state index is 11.2. The minimum absolute atomic E-state index is 0.0174. The van der Waals surface area contributed by atoms with Crippen LogP contribution in [0.1, 0.15) is 0 Å². The highest BCUT2D eigenvalue weighted by molar-refractivity contribution is 5.82. The van der Waals surface area contributed by atoms with E-state index >= 15 is 0 Å². The average Bonchev–Trinajstić information content (AvgIpc) is 2.92. The fourth-order valence-electron chi connectivity index (χ4n) is 3.76. The van der Waals surface area contributed by atoms with Crippen molar-refractivity contribution in [1.29, 1.82) is 0 Å². The third-order valence-corrected chi connectivity index (χ3v) is 4.42. The Labute approximate surface area is 91.9 Å². The largest absolute Gasteiger partial charge is 0.481 e. The lowest BCUT2D eigenvalue weighted by atomic mass is 9.62. The third-order valence-electron chi connectivity index (χ3n) is 4.42. The summed E-state index contributed by atoms with van der Waals surface area (Å²) in [6.07, 6.45) is 3.72. The van der Waals surface area contributed by atoms with Gasteiger partial charge in [0.15, 0.2) is 0 Å². The molecule has 2 fully saturated rings. The summed E-state index contributed by atoms with van der Waals surface area (Å²) >= 11 is 0. The van der Waals surface area contributed by atoms with Crippen LogP contribution in [0.5, 0.6) is 0 Å². The molecule has 4 aliphatic carbocycles. The quantitative estimate of drug-likeness (QED) is 0.562. The molecule has 0 saturated heterocycles. The van der Waals surface area contributed by atoms with Gasteiger partial charge in [0.1, 0.15) is 0 Å². The van der Waals surface area contributed by atoms with Crippen LogP contribution in [0.3, 0.4) is 0 Å². The van der Waals surface area contributed by atoms with Gasteiger partial charge < -0.3 is 15.9 Å². The van der Waals surface area contributed by atoms with Gasteiger partial charge in [-0.15, -0.1) is 0 Å². The standard InChI is InChI=1S/C11H13NO4/c12-9-5-3-1-2-4(6(5)9)8(11(15)16)7(3)10(13)14/h1-9H,12H2,(H,13,14)(H,15,16)/t3-,4+,5-,6-,7+,8-,9?/m1/s1. The second-order valence-electron chi connectivity index (χ2n) is 5.00. The van der Waals surface area contributed by atoms with E-state index in [1.54, 1.807) is 0 Å². The normalized spacial score (nSPS) is 52.2. The van der Waals surface area contributed by atoms with Crippen LogP contribution in [0, 0.1) is 35.5 Å². The molecule has 7 atom stereocenters. The van der Waals surface area contributed by atoms with E-state index in [-0.39, 0.29) is 29.7 Å². The first-order chi connectivity index (χ1) is 7.54. The summed E-state index contributed by atoms with van der Waals surface area (Å²) in [6, 6.07) is -0.0174. The molecule has 0 aliphatic heterocycles. The third kappa shape index (κ3) is 0.988. The molecule has 0 aromatic carbocycles. The second kappa shape index (κ2) is 2.85. The van der Waals surface area contributed by atoms with Crippen molar-refractivity contribution in [2.24, 2.45) is 41.2 Å². The molecule has 0 aromatic rings. The first-order valence-electron chi connectivity index (χ1n) is 5.43. The van der Waals surface area contributed by atoms with Gasteiger partial charge in [0.2, 0.25) is 0 Å². The highest BCUT2D eigenvalue weighted by atomic mass is 16.4. The van der Waals surface area contributed by atoms with Crippen molar-refractivity contribution in [1.82, 2.24) is 0 Å². The van der Waals surface area contributed by atoms with Crippen LogP contribution in [0.4, 0.5) is 0 Å². The predicted octanol–water partition coefficient (Wildman–Crippen LogP) is -0.223. The molecule has 2 saturated carbocycles. The minimum atomic E-state index is -1.01. The summed E-state index contributed by atoms with van der Waals surface area (Å²) in [7, 11) is 0. The Morgan fingerprint density at radius 2 is 1.31 bits per heavy atom. The van der Waals surface area contributed by atoms with Crippen molar-refractivity contribution in [2.45, 2.75) is 6.04 Å². The van der Waals surface area contributed by atoms with Crippen molar-refractivity contribution in [3.05, 3.63) is 12.2 Å². The lowest BCUT2D eigenvalue weighted by molar-refractivity contribution is -0.160. The molecule has 0 amide bonds. The number of fused-ring (bicyclic) bond motifs is 1. The van der Waals surface area contributed by atoms with E-state index in [1.807, 2.05) is 12.2 Å². The maximum atomic E-state index is 11.2. The summed E-state index contributed by atoms with van der Waals surface area (Å²) in [4.78, 5) is 22.4. The van der Waals surface area contributed by atoms with Crippen molar-refractivity contribution in [3.63, 3.8) is 0 Å². The van der Waals surface area contributed by atoms with Gasteiger partial charge in [0, 0.05) is 6.04 Å². The number of allylic oxidation sites excluding steroid dienone is 2. The molecule has 5 nitrogen and oxygen atoms in total. The summed E-state index contributed by atoms with van der Waals surface area (Å²) in [5.74, 6) is -3.64. The Kier molecular flexibility index (Phi) is 1.75. The van der Waals surface area contributed by atoms with E-state index < -0.39 is 23.8 Å². The SMILES string of the molecule is NC1[C@@H]2[C@@H]3C=C[C@@H]([C@H](C(=O)O)[C@@H]3C(=O)O)[C@@H]12. The monoisotopic (exact) mass is 223 g/mol. The highest BCUT2D eigenvalue weighted by Crippen LogP contribution is 2.62. The van der Waals surface area contributed by atoms with Crippen LogP contribution in [0.2, 0.25) is 0 Å². The van der Waals surface area contributed by atoms with E-state index in [9.17, 15) is 9.59 Å². The number of carbonyl (C=O) groups is 2.